The highest BCUT2D eigenvalue weighted by Crippen LogP contribution is 2.32. The average molecular weight is 334 g/mol. The van der Waals surface area contributed by atoms with Gasteiger partial charge < -0.3 is 15.0 Å². The van der Waals surface area contributed by atoms with Gasteiger partial charge in [-0.2, -0.15) is 13.2 Å². The second-order valence-corrected chi connectivity index (χ2v) is 5.11. The van der Waals surface area contributed by atoms with Gasteiger partial charge >= 0.3 is 12.1 Å². The molecule has 0 unspecified atom stereocenters. The second kappa shape index (κ2) is 5.92. The van der Waals surface area contributed by atoms with Gasteiger partial charge in [-0.05, 0) is 30.3 Å². The normalized spacial score (nSPS) is 11.5. The Hall–Kier alpha value is -2.96. The summed E-state index contributed by atoms with van der Waals surface area (Å²) in [5, 5.41) is 3.60. The maximum absolute atomic E-state index is 12.6. The van der Waals surface area contributed by atoms with Gasteiger partial charge in [0.15, 0.2) is 0 Å². The number of methoxy groups -OCH3 is 1. The van der Waals surface area contributed by atoms with Gasteiger partial charge in [-0.3, -0.25) is 0 Å². The molecule has 1 aromatic heterocycles. The van der Waals surface area contributed by atoms with Crippen LogP contribution in [0.25, 0.3) is 10.9 Å². The number of aromatic amines is 1. The Labute approximate surface area is 135 Å². The number of para-hydroxylation sites is 1. The highest BCUT2D eigenvalue weighted by Gasteiger charge is 2.30. The van der Waals surface area contributed by atoms with Crippen LogP contribution in [0.1, 0.15) is 15.9 Å². The molecule has 0 aliphatic heterocycles. The predicted molar refractivity (Wildman–Crippen MR) is 84.4 cm³/mol. The number of benzene rings is 2. The molecule has 0 atom stereocenters. The molecule has 2 N–H and O–H groups in total. The number of fused-ring (bicyclic) bond motifs is 1. The zero-order valence-electron chi connectivity index (χ0n) is 12.6. The third kappa shape index (κ3) is 2.92. The molecule has 2 aromatic carbocycles. The Morgan fingerprint density at radius 2 is 1.75 bits per heavy atom. The van der Waals surface area contributed by atoms with Crippen LogP contribution in [-0.4, -0.2) is 18.1 Å². The molecular weight excluding hydrogens is 321 g/mol. The van der Waals surface area contributed by atoms with E-state index in [0.29, 0.717) is 28.0 Å². The van der Waals surface area contributed by atoms with Crippen molar-refractivity contribution in [2.24, 2.45) is 0 Å². The number of anilines is 2. The fourth-order valence-corrected chi connectivity index (χ4v) is 2.44. The van der Waals surface area contributed by atoms with Gasteiger partial charge in [0.2, 0.25) is 0 Å². The van der Waals surface area contributed by atoms with Gasteiger partial charge in [-0.1, -0.05) is 18.2 Å². The van der Waals surface area contributed by atoms with Crippen molar-refractivity contribution in [2.75, 3.05) is 12.4 Å². The molecule has 4 nitrogen and oxygen atoms in total. The molecule has 0 amide bonds. The molecule has 7 heteroatoms. The summed E-state index contributed by atoms with van der Waals surface area (Å²) in [6, 6.07) is 11.7. The molecular formula is C17H13F3N2O2. The van der Waals surface area contributed by atoms with Gasteiger partial charge in [-0.25, -0.2) is 4.79 Å². The van der Waals surface area contributed by atoms with E-state index >= 15 is 0 Å². The van der Waals surface area contributed by atoms with Crippen LogP contribution in [0.5, 0.6) is 0 Å². The van der Waals surface area contributed by atoms with Gasteiger partial charge in [0.1, 0.15) is 11.4 Å². The summed E-state index contributed by atoms with van der Waals surface area (Å²) in [4.78, 5) is 15.1. The van der Waals surface area contributed by atoms with Crippen LogP contribution in [0.15, 0.2) is 48.5 Å². The summed E-state index contributed by atoms with van der Waals surface area (Å²) in [5.41, 5.74) is 0.693. The van der Waals surface area contributed by atoms with Crippen molar-refractivity contribution in [1.29, 1.82) is 0 Å². The SMILES string of the molecule is COC(=O)c1c(Nc2ccc(C(F)(F)F)cc2)[nH]c2ccccc12. The first-order valence-corrected chi connectivity index (χ1v) is 7.03. The van der Waals surface area contributed by atoms with Gasteiger partial charge in [0.25, 0.3) is 0 Å². The van der Waals surface area contributed by atoms with Crippen molar-refractivity contribution >= 4 is 28.4 Å². The van der Waals surface area contributed by atoms with Crippen molar-refractivity contribution < 1.29 is 22.7 Å². The predicted octanol–water partition coefficient (Wildman–Crippen LogP) is 4.72. The Kier molecular flexibility index (Phi) is 3.92. The summed E-state index contributed by atoms with van der Waals surface area (Å²) in [7, 11) is 1.27. The molecule has 0 saturated heterocycles. The monoisotopic (exact) mass is 334 g/mol. The largest absolute Gasteiger partial charge is 0.465 e. The summed E-state index contributed by atoms with van der Waals surface area (Å²) in [5.74, 6) is -0.176. The highest BCUT2D eigenvalue weighted by molar-refractivity contribution is 6.09. The molecule has 3 aromatic rings. The summed E-state index contributed by atoms with van der Waals surface area (Å²) in [6.07, 6.45) is -4.39. The molecule has 0 radical (unpaired) electrons. The topological polar surface area (TPSA) is 54.1 Å². The Bertz CT molecular complexity index is 883. The van der Waals surface area contributed by atoms with Crippen LogP contribution < -0.4 is 5.32 Å². The first kappa shape index (κ1) is 15.9. The number of nitrogens with one attached hydrogen (secondary N) is 2. The van der Waals surface area contributed by atoms with Crippen molar-refractivity contribution in [3.05, 3.63) is 59.7 Å². The number of hydrogen-bond acceptors (Lipinski definition) is 3. The lowest BCUT2D eigenvalue weighted by Crippen LogP contribution is -2.06. The smallest absolute Gasteiger partial charge is 0.416 e. The van der Waals surface area contributed by atoms with Crippen molar-refractivity contribution in [1.82, 2.24) is 4.98 Å². The molecule has 1 heterocycles. The van der Waals surface area contributed by atoms with E-state index in [2.05, 4.69) is 10.3 Å². The Morgan fingerprint density at radius 3 is 2.38 bits per heavy atom. The van der Waals surface area contributed by atoms with Crippen molar-refractivity contribution in [3.63, 3.8) is 0 Å². The highest BCUT2D eigenvalue weighted by atomic mass is 19.4. The van der Waals surface area contributed by atoms with Crippen LogP contribution >= 0.6 is 0 Å². The van der Waals surface area contributed by atoms with E-state index in [9.17, 15) is 18.0 Å². The van der Waals surface area contributed by atoms with E-state index in [1.165, 1.54) is 19.2 Å². The number of H-pyrrole nitrogens is 1. The Balaban J connectivity index is 1.99. The standard InChI is InChI=1S/C17H13F3N2O2/c1-24-16(23)14-12-4-2-3-5-13(12)22-15(14)21-11-8-6-10(7-9-11)17(18,19)20/h2-9,21-22H,1H3. The van der Waals surface area contributed by atoms with Crippen LogP contribution in [0.3, 0.4) is 0 Å². The van der Waals surface area contributed by atoms with Gasteiger partial charge in [0.05, 0.1) is 12.7 Å². The lowest BCUT2D eigenvalue weighted by Gasteiger charge is -2.09. The fourth-order valence-electron chi connectivity index (χ4n) is 2.44. The number of ether oxygens (including phenoxy) is 1. The van der Waals surface area contributed by atoms with E-state index in [4.69, 9.17) is 4.74 Å². The van der Waals surface area contributed by atoms with Crippen molar-refractivity contribution in [3.8, 4) is 0 Å². The molecule has 0 fully saturated rings. The lowest BCUT2D eigenvalue weighted by atomic mass is 10.1. The second-order valence-electron chi connectivity index (χ2n) is 5.11. The minimum atomic E-state index is -4.39. The van der Waals surface area contributed by atoms with Gasteiger partial charge in [0, 0.05) is 16.6 Å². The molecule has 24 heavy (non-hydrogen) atoms. The maximum atomic E-state index is 12.6. The van der Waals surface area contributed by atoms with Crippen LogP contribution in [0.2, 0.25) is 0 Å². The third-order valence-corrected chi connectivity index (χ3v) is 3.58. The first-order valence-electron chi connectivity index (χ1n) is 7.03. The number of aromatic nitrogens is 1. The average Bonchev–Trinajstić information content (AvgIpc) is 2.91. The van der Waals surface area contributed by atoms with E-state index in [1.807, 2.05) is 6.07 Å². The van der Waals surface area contributed by atoms with E-state index in [-0.39, 0.29) is 0 Å². The molecule has 0 aliphatic carbocycles. The van der Waals surface area contributed by atoms with E-state index in [1.54, 1.807) is 18.2 Å². The number of carbonyl (C=O) groups excluding carboxylic acids is 1. The van der Waals surface area contributed by atoms with Crippen LogP contribution in [0, 0.1) is 0 Å². The zero-order chi connectivity index (χ0) is 17.3. The van der Waals surface area contributed by atoms with Gasteiger partial charge in [-0.15, -0.1) is 0 Å². The van der Waals surface area contributed by atoms with E-state index in [0.717, 1.165) is 12.1 Å². The molecule has 0 spiro atoms. The minimum Gasteiger partial charge on any atom is -0.465 e. The number of alkyl halides is 3. The molecule has 124 valence electrons. The minimum absolute atomic E-state index is 0.299. The number of rotatable bonds is 3. The van der Waals surface area contributed by atoms with Crippen LogP contribution in [0.4, 0.5) is 24.7 Å². The number of carbonyl (C=O) groups is 1. The van der Waals surface area contributed by atoms with E-state index < -0.39 is 17.7 Å². The molecule has 0 aliphatic rings. The summed E-state index contributed by atoms with van der Waals surface area (Å²) >= 11 is 0. The lowest BCUT2D eigenvalue weighted by molar-refractivity contribution is -0.137. The fraction of sp³-hybridized carbons (Fsp3) is 0.118. The number of esters is 1. The number of halogens is 3. The first-order chi connectivity index (χ1) is 11.4. The van der Waals surface area contributed by atoms with Crippen molar-refractivity contribution in [2.45, 2.75) is 6.18 Å². The maximum Gasteiger partial charge on any atom is 0.416 e. The number of hydrogen-bond donors (Lipinski definition) is 2. The quantitative estimate of drug-likeness (QED) is 0.682. The zero-order valence-corrected chi connectivity index (χ0v) is 12.6. The van der Waals surface area contributed by atoms with Crippen LogP contribution in [-0.2, 0) is 10.9 Å². The molecule has 0 saturated carbocycles. The Morgan fingerprint density at radius 1 is 1.08 bits per heavy atom. The third-order valence-electron chi connectivity index (χ3n) is 3.58. The molecule has 0 bridgehead atoms. The summed E-state index contributed by atoms with van der Waals surface area (Å²) < 4.78 is 42.6. The molecule has 3 rings (SSSR count). The summed E-state index contributed by atoms with van der Waals surface area (Å²) in [6.45, 7) is 0.